The van der Waals surface area contributed by atoms with Crippen molar-refractivity contribution in [3.05, 3.63) is 64.4 Å². The zero-order valence-electron chi connectivity index (χ0n) is 13.3. The standard InChI is InChI=1S/C18H18BrN3O2/c1-21(10-13-6-2-3-7-14(13)19)18(24)11-22-16-9-5-4-8-15(16)20-17(22)12-23/h2-9,23H,10-12H2,1H3. The lowest BCUT2D eigenvalue weighted by atomic mass is 10.2. The Hall–Kier alpha value is -2.18. The quantitative estimate of drug-likeness (QED) is 0.731. The maximum Gasteiger partial charge on any atom is 0.242 e. The van der Waals surface area contributed by atoms with E-state index in [2.05, 4.69) is 20.9 Å². The second-order valence-electron chi connectivity index (χ2n) is 5.60. The molecule has 124 valence electrons. The molecule has 1 heterocycles. The van der Waals surface area contributed by atoms with Gasteiger partial charge in [0.1, 0.15) is 19.0 Å². The van der Waals surface area contributed by atoms with E-state index in [1.165, 1.54) is 0 Å². The summed E-state index contributed by atoms with van der Waals surface area (Å²) in [5, 5.41) is 9.53. The Bertz CT molecular complexity index is 876. The van der Waals surface area contributed by atoms with Gasteiger partial charge >= 0.3 is 0 Å². The van der Waals surface area contributed by atoms with E-state index in [4.69, 9.17) is 0 Å². The first-order chi connectivity index (χ1) is 11.6. The molecule has 0 aliphatic heterocycles. The molecule has 0 aliphatic rings. The van der Waals surface area contributed by atoms with Gasteiger partial charge in [-0.3, -0.25) is 4.79 Å². The third-order valence-corrected chi connectivity index (χ3v) is 4.73. The molecule has 0 atom stereocenters. The van der Waals surface area contributed by atoms with Crippen molar-refractivity contribution >= 4 is 32.9 Å². The molecule has 5 nitrogen and oxygen atoms in total. The number of hydrogen-bond acceptors (Lipinski definition) is 3. The van der Waals surface area contributed by atoms with Crippen molar-refractivity contribution in [2.45, 2.75) is 19.7 Å². The smallest absolute Gasteiger partial charge is 0.242 e. The Kier molecular flexibility index (Phi) is 4.97. The number of aliphatic hydroxyl groups excluding tert-OH is 1. The number of aromatic nitrogens is 2. The van der Waals surface area contributed by atoms with Gasteiger partial charge in [0, 0.05) is 18.1 Å². The van der Waals surface area contributed by atoms with Crippen molar-refractivity contribution in [3.63, 3.8) is 0 Å². The summed E-state index contributed by atoms with van der Waals surface area (Å²) in [6.07, 6.45) is 0. The number of rotatable bonds is 5. The molecule has 1 amide bonds. The Labute approximate surface area is 148 Å². The van der Waals surface area contributed by atoms with Crippen molar-refractivity contribution in [1.82, 2.24) is 14.5 Å². The number of para-hydroxylation sites is 2. The fourth-order valence-corrected chi connectivity index (χ4v) is 3.06. The highest BCUT2D eigenvalue weighted by Crippen LogP contribution is 2.19. The van der Waals surface area contributed by atoms with Gasteiger partial charge in [0.15, 0.2) is 0 Å². The van der Waals surface area contributed by atoms with Crippen LogP contribution in [-0.4, -0.2) is 32.5 Å². The molecule has 3 aromatic rings. The molecule has 3 rings (SSSR count). The number of imidazole rings is 1. The third kappa shape index (κ3) is 3.34. The van der Waals surface area contributed by atoms with E-state index in [9.17, 15) is 9.90 Å². The number of aliphatic hydroxyl groups is 1. The number of nitrogens with zero attached hydrogens (tertiary/aromatic N) is 3. The van der Waals surface area contributed by atoms with Gasteiger partial charge in [-0.15, -0.1) is 0 Å². The van der Waals surface area contributed by atoms with E-state index < -0.39 is 0 Å². The largest absolute Gasteiger partial charge is 0.388 e. The lowest BCUT2D eigenvalue weighted by Gasteiger charge is -2.19. The van der Waals surface area contributed by atoms with Crippen LogP contribution in [0.3, 0.4) is 0 Å². The number of carbonyl (C=O) groups is 1. The van der Waals surface area contributed by atoms with Gasteiger partial charge in [0.2, 0.25) is 5.91 Å². The molecule has 0 aliphatic carbocycles. The zero-order chi connectivity index (χ0) is 17.1. The summed E-state index contributed by atoms with van der Waals surface area (Å²) in [7, 11) is 1.78. The van der Waals surface area contributed by atoms with E-state index in [0.29, 0.717) is 12.4 Å². The number of halogens is 1. The van der Waals surface area contributed by atoms with Gasteiger partial charge in [0.05, 0.1) is 11.0 Å². The molecule has 24 heavy (non-hydrogen) atoms. The predicted octanol–water partition coefficient (Wildman–Crippen LogP) is 2.95. The lowest BCUT2D eigenvalue weighted by Crippen LogP contribution is -2.30. The minimum Gasteiger partial charge on any atom is -0.388 e. The number of hydrogen-bond donors (Lipinski definition) is 1. The first kappa shape index (κ1) is 16.7. The van der Waals surface area contributed by atoms with E-state index in [1.807, 2.05) is 48.5 Å². The summed E-state index contributed by atoms with van der Waals surface area (Å²) in [6, 6.07) is 15.4. The van der Waals surface area contributed by atoms with Crippen LogP contribution in [-0.2, 0) is 24.5 Å². The molecule has 0 saturated heterocycles. The fraction of sp³-hybridized carbons (Fsp3) is 0.222. The maximum absolute atomic E-state index is 12.6. The Balaban J connectivity index is 1.81. The highest BCUT2D eigenvalue weighted by Gasteiger charge is 2.16. The van der Waals surface area contributed by atoms with Gasteiger partial charge in [-0.25, -0.2) is 4.98 Å². The van der Waals surface area contributed by atoms with Gasteiger partial charge in [-0.1, -0.05) is 46.3 Å². The van der Waals surface area contributed by atoms with Gasteiger partial charge < -0.3 is 14.6 Å². The molecule has 0 spiro atoms. The maximum atomic E-state index is 12.6. The second-order valence-corrected chi connectivity index (χ2v) is 6.46. The summed E-state index contributed by atoms with van der Waals surface area (Å²) in [4.78, 5) is 18.7. The van der Waals surface area contributed by atoms with Crippen LogP contribution in [0.25, 0.3) is 11.0 Å². The van der Waals surface area contributed by atoms with Crippen molar-refractivity contribution < 1.29 is 9.90 Å². The minimum absolute atomic E-state index is 0.0383. The SMILES string of the molecule is CN(Cc1ccccc1Br)C(=O)Cn1c(CO)nc2ccccc21. The molecule has 1 N–H and O–H groups in total. The van der Waals surface area contributed by atoms with Gasteiger partial charge in [-0.05, 0) is 23.8 Å². The summed E-state index contributed by atoms with van der Waals surface area (Å²) in [5.74, 6) is 0.461. The highest BCUT2D eigenvalue weighted by atomic mass is 79.9. The molecule has 0 saturated carbocycles. The first-order valence-electron chi connectivity index (χ1n) is 7.62. The third-order valence-electron chi connectivity index (χ3n) is 3.96. The summed E-state index contributed by atoms with van der Waals surface area (Å²) >= 11 is 3.50. The van der Waals surface area contributed by atoms with Gasteiger partial charge in [-0.2, -0.15) is 0 Å². The molecular weight excluding hydrogens is 370 g/mol. The Morgan fingerprint density at radius 3 is 2.67 bits per heavy atom. The highest BCUT2D eigenvalue weighted by molar-refractivity contribution is 9.10. The number of amides is 1. The number of likely N-dealkylation sites (N-methyl/N-ethyl adjacent to an activating group) is 1. The molecule has 1 aromatic heterocycles. The number of fused-ring (bicyclic) bond motifs is 1. The molecule has 6 heteroatoms. The van der Waals surface area contributed by atoms with Crippen LogP contribution in [0.5, 0.6) is 0 Å². The van der Waals surface area contributed by atoms with Crippen molar-refractivity contribution in [3.8, 4) is 0 Å². The second kappa shape index (κ2) is 7.15. The van der Waals surface area contributed by atoms with E-state index in [1.54, 1.807) is 16.5 Å². The molecular formula is C18H18BrN3O2. The topological polar surface area (TPSA) is 58.4 Å². The van der Waals surface area contributed by atoms with Crippen molar-refractivity contribution in [2.75, 3.05) is 7.05 Å². The van der Waals surface area contributed by atoms with Crippen LogP contribution in [0, 0.1) is 0 Å². The predicted molar refractivity (Wildman–Crippen MR) is 96.3 cm³/mol. The molecule has 0 fully saturated rings. The Morgan fingerprint density at radius 1 is 1.21 bits per heavy atom. The van der Waals surface area contributed by atoms with Crippen LogP contribution >= 0.6 is 15.9 Å². The Morgan fingerprint density at radius 2 is 1.92 bits per heavy atom. The van der Waals surface area contributed by atoms with Gasteiger partial charge in [0.25, 0.3) is 0 Å². The average Bonchev–Trinajstić information content (AvgIpc) is 2.94. The zero-order valence-corrected chi connectivity index (χ0v) is 14.9. The molecule has 0 unspecified atom stereocenters. The average molecular weight is 388 g/mol. The van der Waals surface area contributed by atoms with E-state index >= 15 is 0 Å². The number of benzene rings is 2. The van der Waals surface area contributed by atoms with Crippen molar-refractivity contribution in [2.24, 2.45) is 0 Å². The normalized spacial score (nSPS) is 11.0. The lowest BCUT2D eigenvalue weighted by molar-refractivity contribution is -0.131. The van der Waals surface area contributed by atoms with Crippen molar-refractivity contribution in [1.29, 1.82) is 0 Å². The first-order valence-corrected chi connectivity index (χ1v) is 8.42. The molecule has 0 radical (unpaired) electrons. The molecule has 0 bridgehead atoms. The summed E-state index contributed by atoms with van der Waals surface area (Å²) < 4.78 is 2.75. The minimum atomic E-state index is -0.199. The molecule has 2 aromatic carbocycles. The fourth-order valence-electron chi connectivity index (χ4n) is 2.65. The van der Waals surface area contributed by atoms with Crippen LogP contribution in [0.4, 0.5) is 0 Å². The van der Waals surface area contributed by atoms with Crippen LogP contribution in [0.15, 0.2) is 53.0 Å². The number of carbonyl (C=O) groups excluding carboxylic acids is 1. The monoisotopic (exact) mass is 387 g/mol. The summed E-state index contributed by atoms with van der Waals surface area (Å²) in [5.41, 5.74) is 2.68. The summed E-state index contributed by atoms with van der Waals surface area (Å²) in [6.45, 7) is 0.467. The van der Waals surface area contributed by atoms with E-state index in [-0.39, 0.29) is 19.1 Å². The van der Waals surface area contributed by atoms with E-state index in [0.717, 1.165) is 21.1 Å². The van der Waals surface area contributed by atoms with Crippen LogP contribution in [0.2, 0.25) is 0 Å². The van der Waals surface area contributed by atoms with Crippen LogP contribution < -0.4 is 0 Å². The van der Waals surface area contributed by atoms with Crippen LogP contribution in [0.1, 0.15) is 11.4 Å².